The number of nitrogens with zero attached hydrogens (tertiary/aromatic N) is 2. The summed E-state index contributed by atoms with van der Waals surface area (Å²) in [5.41, 5.74) is 5.99. The van der Waals surface area contributed by atoms with Gasteiger partial charge in [0.25, 0.3) is 0 Å². The van der Waals surface area contributed by atoms with E-state index < -0.39 is 0 Å². The second-order valence-electron chi connectivity index (χ2n) is 8.23. The van der Waals surface area contributed by atoms with E-state index in [1.165, 1.54) is 0 Å². The van der Waals surface area contributed by atoms with Crippen molar-refractivity contribution in [1.82, 2.24) is 5.32 Å². The van der Waals surface area contributed by atoms with Gasteiger partial charge in [0.1, 0.15) is 11.4 Å². The Bertz CT molecular complexity index is 1480. The molecular weight excluding hydrogens is 442 g/mol. The number of rotatable bonds is 6. The van der Waals surface area contributed by atoms with Crippen LogP contribution in [0.5, 0.6) is 0 Å². The first kappa shape index (κ1) is 22.7. The summed E-state index contributed by atoms with van der Waals surface area (Å²) >= 11 is 0. The largest absolute Gasteiger partial charge is 0.756 e. The SMILES string of the molecule is [N-]=C=C(NC(=O)c1ccccc1)[n+]1c(-c2ccccc2)cc(-c2ccccc2)cc1-c1ccccc1. The predicted octanol–water partition coefficient (Wildman–Crippen LogP) is 6.44. The summed E-state index contributed by atoms with van der Waals surface area (Å²) < 4.78 is 1.83. The van der Waals surface area contributed by atoms with Crippen LogP contribution in [-0.4, -0.2) is 11.8 Å². The number of carbonyl (C=O) groups excluding carboxylic acids is 1. The summed E-state index contributed by atoms with van der Waals surface area (Å²) in [6.07, 6.45) is 0. The van der Waals surface area contributed by atoms with E-state index in [0.29, 0.717) is 5.56 Å². The smallest absolute Gasteiger partial charge is 0.339 e. The van der Waals surface area contributed by atoms with Gasteiger partial charge in [-0.3, -0.25) is 0 Å². The minimum absolute atomic E-state index is 0.126. The van der Waals surface area contributed by atoms with Crippen LogP contribution in [0.2, 0.25) is 0 Å². The molecule has 36 heavy (non-hydrogen) atoms. The number of pyridine rings is 1. The van der Waals surface area contributed by atoms with Crippen LogP contribution >= 0.6 is 0 Å². The number of benzene rings is 4. The molecule has 0 bridgehead atoms. The van der Waals surface area contributed by atoms with Gasteiger partial charge < -0.3 is 5.41 Å². The zero-order valence-electron chi connectivity index (χ0n) is 19.5. The van der Waals surface area contributed by atoms with Crippen LogP contribution in [0, 0.1) is 0 Å². The number of aromatic nitrogens is 1. The second kappa shape index (κ2) is 10.5. The Morgan fingerprint density at radius 2 is 1.00 bits per heavy atom. The lowest BCUT2D eigenvalue weighted by atomic mass is 9.99. The molecule has 5 rings (SSSR count). The highest BCUT2D eigenvalue weighted by Crippen LogP contribution is 2.29. The fourth-order valence-electron chi connectivity index (χ4n) is 4.18. The van der Waals surface area contributed by atoms with E-state index in [1.807, 2.05) is 89.5 Å². The standard InChI is InChI=1S/C32H23N3O/c33-23-31(34-32(36)27-19-11-4-12-20-27)35-29(25-15-7-2-8-16-25)21-28(24-13-5-1-6-14-24)22-30(35)26-17-9-3-10-18-26/h1-22H,(H,34,36). The van der Waals surface area contributed by atoms with Gasteiger partial charge in [-0.05, 0) is 35.4 Å². The second-order valence-corrected chi connectivity index (χ2v) is 8.23. The van der Waals surface area contributed by atoms with Crippen LogP contribution in [0.25, 0.3) is 44.9 Å². The van der Waals surface area contributed by atoms with Crippen molar-refractivity contribution in [2.45, 2.75) is 0 Å². The van der Waals surface area contributed by atoms with Crippen LogP contribution in [-0.2, 0) is 0 Å². The number of nitrogens with one attached hydrogen (secondary N) is 1. The Hall–Kier alpha value is -5.05. The zero-order valence-corrected chi connectivity index (χ0v) is 19.5. The van der Waals surface area contributed by atoms with E-state index in [9.17, 15) is 10.2 Å². The molecule has 0 radical (unpaired) electrons. The van der Waals surface area contributed by atoms with Crippen molar-refractivity contribution >= 4 is 17.6 Å². The fraction of sp³-hybridized carbons (Fsp3) is 0. The lowest BCUT2D eigenvalue weighted by Crippen LogP contribution is -2.46. The zero-order chi connectivity index (χ0) is 24.7. The maximum atomic E-state index is 13.1. The van der Waals surface area contributed by atoms with Gasteiger partial charge in [-0.15, -0.1) is 0 Å². The molecule has 4 nitrogen and oxygen atoms in total. The van der Waals surface area contributed by atoms with Crippen molar-refractivity contribution in [2.75, 3.05) is 0 Å². The summed E-state index contributed by atoms with van der Waals surface area (Å²) in [6.45, 7) is 0. The van der Waals surface area contributed by atoms with Gasteiger partial charge in [0, 0.05) is 11.1 Å². The number of hydrogen-bond donors (Lipinski definition) is 1. The predicted molar refractivity (Wildman–Crippen MR) is 145 cm³/mol. The number of carbonyl (C=O) groups is 1. The van der Waals surface area contributed by atoms with Crippen LogP contribution in [0.3, 0.4) is 0 Å². The Morgan fingerprint density at radius 3 is 1.44 bits per heavy atom. The summed E-state index contributed by atoms with van der Waals surface area (Å²) in [4.78, 5) is 13.1. The van der Waals surface area contributed by atoms with Crippen LogP contribution < -0.4 is 9.88 Å². The minimum Gasteiger partial charge on any atom is -0.756 e. The van der Waals surface area contributed by atoms with Crippen molar-refractivity contribution < 1.29 is 9.36 Å². The first-order valence-electron chi connectivity index (χ1n) is 11.6. The Kier molecular flexibility index (Phi) is 6.61. The summed E-state index contributed by atoms with van der Waals surface area (Å²) in [5.74, 6) is 2.03. The first-order chi connectivity index (χ1) is 17.7. The minimum atomic E-state index is -0.343. The normalized spacial score (nSPS) is 10.3. The Balaban J connectivity index is 1.76. The van der Waals surface area contributed by atoms with Gasteiger partial charge >= 0.3 is 11.7 Å². The molecule has 4 heteroatoms. The lowest BCUT2D eigenvalue weighted by Gasteiger charge is -2.17. The summed E-state index contributed by atoms with van der Waals surface area (Å²) in [7, 11) is 0. The molecule has 5 aromatic rings. The third-order valence-electron chi connectivity index (χ3n) is 5.91. The van der Waals surface area contributed by atoms with Gasteiger partial charge in [-0.25, -0.2) is 10.1 Å². The Labute approximate surface area is 210 Å². The highest BCUT2D eigenvalue weighted by molar-refractivity contribution is 6.00. The van der Waals surface area contributed by atoms with E-state index in [-0.39, 0.29) is 11.7 Å². The molecule has 4 aromatic carbocycles. The van der Waals surface area contributed by atoms with Crippen LogP contribution in [0.15, 0.2) is 133 Å². The molecular formula is C32H23N3O. The van der Waals surface area contributed by atoms with Crippen molar-refractivity contribution in [3.8, 4) is 33.6 Å². The summed E-state index contributed by atoms with van der Waals surface area (Å²) in [5, 5.41) is 13.1. The molecule has 0 fully saturated rings. The molecule has 0 aliphatic rings. The molecule has 0 aliphatic heterocycles. The monoisotopic (exact) mass is 465 g/mol. The van der Waals surface area contributed by atoms with Crippen molar-refractivity contribution in [2.24, 2.45) is 0 Å². The molecule has 0 unspecified atom stereocenters. The molecule has 1 heterocycles. The highest BCUT2D eigenvalue weighted by Gasteiger charge is 2.25. The van der Waals surface area contributed by atoms with Crippen molar-refractivity contribution in [1.29, 1.82) is 0 Å². The topological polar surface area (TPSA) is 55.3 Å². The number of amides is 1. The maximum Gasteiger partial charge on any atom is 0.339 e. The molecule has 172 valence electrons. The summed E-state index contributed by atoms with van der Waals surface area (Å²) in [6, 6.07) is 42.9. The van der Waals surface area contributed by atoms with Crippen LogP contribution in [0.1, 0.15) is 10.4 Å². The van der Waals surface area contributed by atoms with Gasteiger partial charge in [0.2, 0.25) is 0 Å². The van der Waals surface area contributed by atoms with Crippen LogP contribution in [0.4, 0.5) is 0 Å². The molecule has 1 aromatic heterocycles. The van der Waals surface area contributed by atoms with E-state index in [0.717, 1.165) is 33.6 Å². The van der Waals surface area contributed by atoms with E-state index in [4.69, 9.17) is 0 Å². The first-order valence-corrected chi connectivity index (χ1v) is 11.6. The van der Waals surface area contributed by atoms with E-state index in [2.05, 4.69) is 35.5 Å². The van der Waals surface area contributed by atoms with Gasteiger partial charge in [0.05, 0.1) is 5.56 Å². The fourth-order valence-corrected chi connectivity index (χ4v) is 4.18. The molecule has 0 spiro atoms. The highest BCUT2D eigenvalue weighted by atomic mass is 16.1. The molecule has 0 saturated heterocycles. The average molecular weight is 466 g/mol. The van der Waals surface area contributed by atoms with Gasteiger partial charge in [-0.2, -0.15) is 10.4 Å². The molecule has 0 aliphatic carbocycles. The molecule has 0 saturated carbocycles. The van der Waals surface area contributed by atoms with E-state index >= 15 is 0 Å². The molecule has 1 amide bonds. The third-order valence-corrected chi connectivity index (χ3v) is 5.91. The maximum absolute atomic E-state index is 13.1. The molecule has 0 atom stereocenters. The third kappa shape index (κ3) is 4.76. The number of hydrogen-bond acceptors (Lipinski definition) is 1. The van der Waals surface area contributed by atoms with Crippen molar-refractivity contribution in [3.63, 3.8) is 0 Å². The lowest BCUT2D eigenvalue weighted by molar-refractivity contribution is -0.559. The van der Waals surface area contributed by atoms with Gasteiger partial charge in [0.15, 0.2) is 0 Å². The Morgan fingerprint density at radius 1 is 0.583 bits per heavy atom. The quantitative estimate of drug-likeness (QED) is 0.228. The average Bonchev–Trinajstić information content (AvgIpc) is 2.97. The molecule has 1 N–H and O–H groups in total. The van der Waals surface area contributed by atoms with Gasteiger partial charge in [-0.1, -0.05) is 109 Å². The van der Waals surface area contributed by atoms with Crippen molar-refractivity contribution in [3.05, 3.63) is 144 Å². The van der Waals surface area contributed by atoms with E-state index in [1.54, 1.807) is 24.3 Å².